The van der Waals surface area contributed by atoms with E-state index in [0.29, 0.717) is 29.5 Å². The number of halogens is 2. The molecule has 0 aliphatic carbocycles. The number of fused-ring (bicyclic) bond motifs is 1. The zero-order valence-electron chi connectivity index (χ0n) is 8.61. The number of benzene rings is 1. The van der Waals surface area contributed by atoms with Crippen molar-refractivity contribution in [3.05, 3.63) is 22.7 Å². The van der Waals surface area contributed by atoms with E-state index >= 15 is 0 Å². The van der Waals surface area contributed by atoms with Gasteiger partial charge in [-0.3, -0.25) is 0 Å². The molecule has 0 amide bonds. The van der Waals surface area contributed by atoms with Crippen LogP contribution in [0.2, 0.25) is 5.02 Å². The summed E-state index contributed by atoms with van der Waals surface area (Å²) in [5.74, 6) is 1.37. The molecule has 1 aliphatic rings. The minimum atomic E-state index is -0.156. The van der Waals surface area contributed by atoms with Gasteiger partial charge in [0.25, 0.3) is 0 Å². The molecule has 0 unspecified atom stereocenters. The van der Waals surface area contributed by atoms with E-state index in [9.17, 15) is 0 Å². The summed E-state index contributed by atoms with van der Waals surface area (Å²) in [6, 6.07) is 3.40. The third kappa shape index (κ3) is 2.52. The predicted octanol–water partition coefficient (Wildman–Crippen LogP) is 1.84. The van der Waals surface area contributed by atoms with Crippen LogP contribution in [0.3, 0.4) is 0 Å². The summed E-state index contributed by atoms with van der Waals surface area (Å²) in [4.78, 5) is 0. The second-order valence-electron chi connectivity index (χ2n) is 3.41. The van der Waals surface area contributed by atoms with E-state index in [1.54, 1.807) is 6.07 Å². The molecule has 0 radical (unpaired) electrons. The SMILES string of the molecule is Cl.NCC[C@@H](N)c1cc2c(cc1Cl)OCO2. The zero-order chi connectivity index (χ0) is 10.8. The lowest BCUT2D eigenvalue weighted by Gasteiger charge is -2.13. The largest absolute Gasteiger partial charge is 0.454 e. The van der Waals surface area contributed by atoms with Gasteiger partial charge < -0.3 is 20.9 Å². The van der Waals surface area contributed by atoms with Gasteiger partial charge in [0.15, 0.2) is 11.5 Å². The summed E-state index contributed by atoms with van der Waals surface area (Å²) < 4.78 is 10.5. The van der Waals surface area contributed by atoms with Crippen LogP contribution in [0.15, 0.2) is 12.1 Å². The molecule has 0 saturated heterocycles. The minimum absolute atomic E-state index is 0. The summed E-state index contributed by atoms with van der Waals surface area (Å²) in [7, 11) is 0. The van der Waals surface area contributed by atoms with Gasteiger partial charge in [-0.2, -0.15) is 0 Å². The fourth-order valence-corrected chi connectivity index (χ4v) is 1.85. The topological polar surface area (TPSA) is 70.5 Å². The maximum atomic E-state index is 6.08. The van der Waals surface area contributed by atoms with Crippen molar-refractivity contribution < 1.29 is 9.47 Å². The molecule has 1 aromatic rings. The predicted molar refractivity (Wildman–Crippen MR) is 65.4 cm³/mol. The van der Waals surface area contributed by atoms with E-state index in [0.717, 1.165) is 5.56 Å². The molecule has 1 atom stereocenters. The molecule has 6 heteroatoms. The lowest BCUT2D eigenvalue weighted by molar-refractivity contribution is 0.174. The Labute approximate surface area is 105 Å². The molecule has 4 nitrogen and oxygen atoms in total. The highest BCUT2D eigenvalue weighted by molar-refractivity contribution is 6.31. The van der Waals surface area contributed by atoms with E-state index in [1.807, 2.05) is 6.07 Å². The summed E-state index contributed by atoms with van der Waals surface area (Å²) in [5.41, 5.74) is 12.2. The van der Waals surface area contributed by atoms with Crippen molar-refractivity contribution in [2.75, 3.05) is 13.3 Å². The molecule has 1 aromatic carbocycles. The van der Waals surface area contributed by atoms with Gasteiger partial charge in [0.05, 0.1) is 0 Å². The van der Waals surface area contributed by atoms with Gasteiger partial charge in [-0.1, -0.05) is 11.6 Å². The third-order valence-electron chi connectivity index (χ3n) is 2.37. The number of hydrogen-bond acceptors (Lipinski definition) is 4. The number of nitrogens with two attached hydrogens (primary N) is 2. The second-order valence-corrected chi connectivity index (χ2v) is 3.82. The summed E-state index contributed by atoms with van der Waals surface area (Å²) in [5, 5.41) is 0.597. The summed E-state index contributed by atoms with van der Waals surface area (Å²) in [6.07, 6.45) is 0.694. The van der Waals surface area contributed by atoms with Crippen molar-refractivity contribution >= 4 is 24.0 Å². The van der Waals surface area contributed by atoms with Crippen LogP contribution in [0, 0.1) is 0 Å². The highest BCUT2D eigenvalue weighted by atomic mass is 35.5. The molecule has 2 rings (SSSR count). The molecule has 16 heavy (non-hydrogen) atoms. The van der Waals surface area contributed by atoms with Crippen molar-refractivity contribution in [2.24, 2.45) is 11.5 Å². The van der Waals surface area contributed by atoms with Gasteiger partial charge in [0.1, 0.15) is 0 Å². The molecule has 4 N–H and O–H groups in total. The average Bonchev–Trinajstić information content (AvgIpc) is 2.63. The Hall–Kier alpha value is -0.680. The molecule has 1 aliphatic heterocycles. The zero-order valence-corrected chi connectivity index (χ0v) is 10.2. The fraction of sp³-hybridized carbons (Fsp3) is 0.400. The third-order valence-corrected chi connectivity index (χ3v) is 2.70. The van der Waals surface area contributed by atoms with Crippen LogP contribution in [0.4, 0.5) is 0 Å². The maximum Gasteiger partial charge on any atom is 0.231 e. The normalized spacial score (nSPS) is 14.4. The first kappa shape index (κ1) is 13.4. The first-order chi connectivity index (χ1) is 7.22. The van der Waals surface area contributed by atoms with Crippen LogP contribution in [-0.2, 0) is 0 Å². The Morgan fingerprint density at radius 2 is 1.94 bits per heavy atom. The van der Waals surface area contributed by atoms with Crippen molar-refractivity contribution in [3.8, 4) is 11.5 Å². The maximum absolute atomic E-state index is 6.08. The van der Waals surface area contributed by atoms with Crippen molar-refractivity contribution in [1.82, 2.24) is 0 Å². The fourth-order valence-electron chi connectivity index (χ4n) is 1.55. The minimum Gasteiger partial charge on any atom is -0.454 e. The lowest BCUT2D eigenvalue weighted by atomic mass is 10.0. The second kappa shape index (κ2) is 5.59. The first-order valence-electron chi connectivity index (χ1n) is 4.77. The number of rotatable bonds is 3. The molecular formula is C10H14Cl2N2O2. The summed E-state index contributed by atoms with van der Waals surface area (Å²) in [6.45, 7) is 0.771. The monoisotopic (exact) mass is 264 g/mol. The number of ether oxygens (including phenoxy) is 2. The van der Waals surface area contributed by atoms with Gasteiger partial charge in [0.2, 0.25) is 6.79 Å². The molecular weight excluding hydrogens is 251 g/mol. The van der Waals surface area contributed by atoms with Crippen LogP contribution in [0.5, 0.6) is 11.5 Å². The number of hydrogen-bond donors (Lipinski definition) is 2. The van der Waals surface area contributed by atoms with Crippen molar-refractivity contribution in [1.29, 1.82) is 0 Å². The Morgan fingerprint density at radius 1 is 1.31 bits per heavy atom. The molecule has 0 saturated carbocycles. The van der Waals surface area contributed by atoms with Crippen LogP contribution in [0.1, 0.15) is 18.0 Å². The van der Waals surface area contributed by atoms with Crippen LogP contribution in [-0.4, -0.2) is 13.3 Å². The highest BCUT2D eigenvalue weighted by Gasteiger charge is 2.19. The van der Waals surface area contributed by atoms with E-state index in [4.69, 9.17) is 32.5 Å². The van der Waals surface area contributed by atoms with E-state index in [1.165, 1.54) is 0 Å². The van der Waals surface area contributed by atoms with Gasteiger partial charge in [-0.15, -0.1) is 12.4 Å². The van der Waals surface area contributed by atoms with Gasteiger partial charge in [-0.05, 0) is 24.6 Å². The van der Waals surface area contributed by atoms with Crippen LogP contribution < -0.4 is 20.9 Å². The van der Waals surface area contributed by atoms with Gasteiger partial charge >= 0.3 is 0 Å². The average molecular weight is 265 g/mol. The highest BCUT2D eigenvalue weighted by Crippen LogP contribution is 2.38. The Bertz CT molecular complexity index is 374. The summed E-state index contributed by atoms with van der Waals surface area (Å²) >= 11 is 6.08. The Morgan fingerprint density at radius 3 is 2.56 bits per heavy atom. The Balaban J connectivity index is 0.00000128. The van der Waals surface area contributed by atoms with Crippen LogP contribution in [0.25, 0.3) is 0 Å². The first-order valence-corrected chi connectivity index (χ1v) is 5.15. The molecule has 0 fully saturated rings. The standard InChI is InChI=1S/C10H13ClN2O2.ClH/c11-7-4-10-9(14-5-15-10)3-6(7)8(13)1-2-12;/h3-4,8H,1-2,5,12-13H2;1H/t8-;/m1./s1. The molecule has 0 spiro atoms. The van der Waals surface area contributed by atoms with Gasteiger partial charge in [-0.25, -0.2) is 0 Å². The molecule has 90 valence electrons. The smallest absolute Gasteiger partial charge is 0.231 e. The molecule has 0 aromatic heterocycles. The van der Waals surface area contributed by atoms with E-state index in [-0.39, 0.29) is 25.2 Å². The van der Waals surface area contributed by atoms with Crippen LogP contribution >= 0.6 is 24.0 Å². The van der Waals surface area contributed by atoms with Crippen molar-refractivity contribution in [2.45, 2.75) is 12.5 Å². The van der Waals surface area contributed by atoms with Gasteiger partial charge in [0, 0.05) is 17.1 Å². The molecule has 1 heterocycles. The van der Waals surface area contributed by atoms with E-state index in [2.05, 4.69) is 0 Å². The Kier molecular flexibility index (Phi) is 4.68. The lowest BCUT2D eigenvalue weighted by Crippen LogP contribution is -2.15. The van der Waals surface area contributed by atoms with E-state index < -0.39 is 0 Å². The molecule has 0 bridgehead atoms. The quantitative estimate of drug-likeness (QED) is 0.874. The van der Waals surface area contributed by atoms with Crippen molar-refractivity contribution in [3.63, 3.8) is 0 Å².